The number of para-hydroxylation sites is 1. The molecule has 0 radical (unpaired) electrons. The third-order valence-corrected chi connectivity index (χ3v) is 5.74. The van der Waals surface area contributed by atoms with Crippen molar-refractivity contribution in [2.75, 3.05) is 30.8 Å². The highest BCUT2D eigenvalue weighted by Gasteiger charge is 2.26. The van der Waals surface area contributed by atoms with Crippen LogP contribution in [-0.4, -0.2) is 42.7 Å². The van der Waals surface area contributed by atoms with E-state index in [9.17, 15) is 13.6 Å². The van der Waals surface area contributed by atoms with Gasteiger partial charge in [0.2, 0.25) is 5.91 Å². The van der Waals surface area contributed by atoms with E-state index in [4.69, 9.17) is 0 Å². The first-order valence-corrected chi connectivity index (χ1v) is 9.66. The Morgan fingerprint density at radius 1 is 1.23 bits per heavy atom. The van der Waals surface area contributed by atoms with Crippen LogP contribution in [0.3, 0.4) is 0 Å². The van der Waals surface area contributed by atoms with Crippen molar-refractivity contribution in [3.8, 4) is 0 Å². The third-order valence-electron chi connectivity index (χ3n) is 4.70. The van der Waals surface area contributed by atoms with Crippen LogP contribution < -0.4 is 4.90 Å². The highest BCUT2D eigenvalue weighted by Crippen LogP contribution is 2.25. The number of amides is 1. The van der Waals surface area contributed by atoms with Gasteiger partial charge in [-0.2, -0.15) is 0 Å². The Bertz CT molecular complexity index is 757. The zero-order valence-electron chi connectivity index (χ0n) is 14.7. The van der Waals surface area contributed by atoms with Crippen molar-refractivity contribution in [1.29, 1.82) is 0 Å². The van der Waals surface area contributed by atoms with E-state index in [1.807, 2.05) is 25.2 Å². The van der Waals surface area contributed by atoms with Crippen LogP contribution in [0.4, 0.5) is 14.5 Å². The lowest BCUT2D eigenvalue weighted by Gasteiger charge is -2.38. The van der Waals surface area contributed by atoms with Crippen LogP contribution in [-0.2, 0) is 4.79 Å². The molecule has 1 atom stereocenters. The Morgan fingerprint density at radius 2 is 2.00 bits per heavy atom. The Morgan fingerprint density at radius 3 is 2.73 bits per heavy atom. The summed E-state index contributed by atoms with van der Waals surface area (Å²) in [5.41, 5.74) is 1.17. The minimum Gasteiger partial charge on any atom is -0.369 e. The molecule has 0 aliphatic carbocycles. The molecule has 2 aromatic rings. The van der Waals surface area contributed by atoms with Gasteiger partial charge < -0.3 is 9.80 Å². The van der Waals surface area contributed by atoms with Crippen LogP contribution in [0.2, 0.25) is 0 Å². The monoisotopic (exact) mass is 376 g/mol. The molecule has 0 saturated carbocycles. The standard InChI is InChI=1S/C20H22F2N2OS/c1-23(20(25)14-26-19-10-9-15(21)12-18(19)22)17-8-5-11-24(13-17)16-6-3-2-4-7-16/h2-4,6-7,9-10,12,17H,5,8,11,13-14H2,1H3. The summed E-state index contributed by atoms with van der Waals surface area (Å²) in [5.74, 6) is -1.14. The smallest absolute Gasteiger partial charge is 0.232 e. The van der Waals surface area contributed by atoms with Crippen LogP contribution in [0.15, 0.2) is 53.4 Å². The molecule has 0 spiro atoms. The van der Waals surface area contributed by atoms with E-state index in [2.05, 4.69) is 17.0 Å². The fourth-order valence-corrected chi connectivity index (χ4v) is 4.03. The summed E-state index contributed by atoms with van der Waals surface area (Å²) in [4.78, 5) is 16.9. The predicted molar refractivity (Wildman–Crippen MR) is 102 cm³/mol. The number of benzene rings is 2. The minimum atomic E-state index is -0.627. The van der Waals surface area contributed by atoms with Crippen LogP contribution >= 0.6 is 11.8 Å². The average Bonchev–Trinajstić information content (AvgIpc) is 2.67. The summed E-state index contributed by atoms with van der Waals surface area (Å²) in [5, 5.41) is 0. The number of carbonyl (C=O) groups is 1. The maximum absolute atomic E-state index is 13.7. The topological polar surface area (TPSA) is 23.6 Å². The second-order valence-corrected chi connectivity index (χ2v) is 7.46. The first-order valence-electron chi connectivity index (χ1n) is 8.68. The maximum atomic E-state index is 13.7. The highest BCUT2D eigenvalue weighted by molar-refractivity contribution is 8.00. The third kappa shape index (κ3) is 4.55. The van der Waals surface area contributed by atoms with E-state index < -0.39 is 11.6 Å². The number of nitrogens with zero attached hydrogens (tertiary/aromatic N) is 2. The van der Waals surface area contributed by atoms with E-state index in [0.29, 0.717) is 4.90 Å². The number of carbonyl (C=O) groups excluding carboxylic acids is 1. The number of likely N-dealkylation sites (N-methyl/N-ethyl adjacent to an activating group) is 1. The molecule has 0 bridgehead atoms. The van der Waals surface area contributed by atoms with E-state index in [-0.39, 0.29) is 17.7 Å². The average molecular weight is 376 g/mol. The summed E-state index contributed by atoms with van der Waals surface area (Å²) in [6.45, 7) is 1.78. The van der Waals surface area contributed by atoms with Crippen LogP contribution in [0.25, 0.3) is 0 Å². The number of rotatable bonds is 5. The summed E-state index contributed by atoms with van der Waals surface area (Å²) in [7, 11) is 1.81. The summed E-state index contributed by atoms with van der Waals surface area (Å²) in [6, 6.07) is 13.7. The molecule has 1 heterocycles. The fourth-order valence-electron chi connectivity index (χ4n) is 3.18. The van der Waals surface area contributed by atoms with Gasteiger partial charge in [0.15, 0.2) is 0 Å². The minimum absolute atomic E-state index is 0.0429. The molecule has 1 fully saturated rings. The summed E-state index contributed by atoms with van der Waals surface area (Å²) < 4.78 is 26.7. The van der Waals surface area contributed by atoms with Crippen molar-refractivity contribution in [3.05, 3.63) is 60.2 Å². The molecule has 3 rings (SSSR count). The van der Waals surface area contributed by atoms with Gasteiger partial charge in [-0.3, -0.25) is 4.79 Å². The number of hydrogen-bond donors (Lipinski definition) is 0. The van der Waals surface area contributed by atoms with Crippen LogP contribution in [0, 0.1) is 11.6 Å². The number of halogens is 2. The molecule has 0 aromatic heterocycles. The molecule has 1 aliphatic heterocycles. The van der Waals surface area contributed by atoms with Gasteiger partial charge in [-0.05, 0) is 37.1 Å². The number of thioether (sulfide) groups is 1. The molecule has 0 N–H and O–H groups in total. The molecule has 1 unspecified atom stereocenters. The Hall–Kier alpha value is -2.08. The normalized spacial score (nSPS) is 17.2. The first kappa shape index (κ1) is 18.7. The predicted octanol–water partition coefficient (Wildman–Crippen LogP) is 4.18. The Labute approximate surface area is 157 Å². The van der Waals surface area contributed by atoms with Gasteiger partial charge in [0, 0.05) is 42.8 Å². The van der Waals surface area contributed by atoms with E-state index >= 15 is 0 Å². The van der Waals surface area contributed by atoms with Gasteiger partial charge in [-0.25, -0.2) is 8.78 Å². The zero-order chi connectivity index (χ0) is 18.5. The van der Waals surface area contributed by atoms with Gasteiger partial charge in [0.1, 0.15) is 11.6 Å². The molecular formula is C20H22F2N2OS. The zero-order valence-corrected chi connectivity index (χ0v) is 15.5. The van der Waals surface area contributed by atoms with Crippen LogP contribution in [0.1, 0.15) is 12.8 Å². The molecule has 138 valence electrons. The SMILES string of the molecule is CN(C(=O)CSc1ccc(F)cc1F)C1CCCN(c2ccccc2)C1. The lowest BCUT2D eigenvalue weighted by atomic mass is 10.0. The summed E-state index contributed by atoms with van der Waals surface area (Å²) >= 11 is 1.11. The maximum Gasteiger partial charge on any atom is 0.232 e. The van der Waals surface area contributed by atoms with Crippen molar-refractivity contribution < 1.29 is 13.6 Å². The molecule has 2 aromatic carbocycles. The molecule has 6 heteroatoms. The Balaban J connectivity index is 1.57. The van der Waals surface area contributed by atoms with E-state index in [0.717, 1.165) is 43.8 Å². The van der Waals surface area contributed by atoms with E-state index in [1.54, 1.807) is 4.90 Å². The van der Waals surface area contributed by atoms with Crippen molar-refractivity contribution in [3.63, 3.8) is 0 Å². The first-order chi connectivity index (χ1) is 12.5. The second kappa shape index (κ2) is 8.54. The van der Waals surface area contributed by atoms with Crippen molar-refractivity contribution in [2.45, 2.75) is 23.8 Å². The van der Waals surface area contributed by atoms with Gasteiger partial charge >= 0.3 is 0 Å². The quantitative estimate of drug-likeness (QED) is 0.732. The van der Waals surface area contributed by atoms with Crippen molar-refractivity contribution in [2.24, 2.45) is 0 Å². The molecular weight excluding hydrogens is 354 g/mol. The van der Waals surface area contributed by atoms with Gasteiger partial charge in [0.05, 0.1) is 5.75 Å². The van der Waals surface area contributed by atoms with Gasteiger partial charge in [-0.15, -0.1) is 11.8 Å². The number of hydrogen-bond acceptors (Lipinski definition) is 3. The largest absolute Gasteiger partial charge is 0.369 e. The number of anilines is 1. The summed E-state index contributed by atoms with van der Waals surface area (Å²) in [6.07, 6.45) is 1.98. The van der Waals surface area contributed by atoms with Crippen molar-refractivity contribution in [1.82, 2.24) is 4.90 Å². The lowest BCUT2D eigenvalue weighted by Crippen LogP contribution is -2.49. The van der Waals surface area contributed by atoms with Crippen LogP contribution in [0.5, 0.6) is 0 Å². The Kier molecular flexibility index (Phi) is 6.14. The van der Waals surface area contributed by atoms with Gasteiger partial charge in [-0.1, -0.05) is 18.2 Å². The highest BCUT2D eigenvalue weighted by atomic mass is 32.2. The molecule has 1 aliphatic rings. The van der Waals surface area contributed by atoms with Gasteiger partial charge in [0.25, 0.3) is 0 Å². The lowest BCUT2D eigenvalue weighted by molar-refractivity contribution is -0.129. The number of piperidine rings is 1. The molecule has 1 saturated heterocycles. The van der Waals surface area contributed by atoms with Crippen molar-refractivity contribution >= 4 is 23.4 Å². The molecule has 1 amide bonds. The molecule has 26 heavy (non-hydrogen) atoms. The van der Waals surface area contributed by atoms with E-state index in [1.165, 1.54) is 17.8 Å². The second-order valence-electron chi connectivity index (χ2n) is 6.45. The molecule has 3 nitrogen and oxygen atoms in total. The fraction of sp³-hybridized carbons (Fsp3) is 0.350.